The first kappa shape index (κ1) is 24.8. The van der Waals surface area contributed by atoms with E-state index in [4.69, 9.17) is 9.47 Å². The van der Waals surface area contributed by atoms with Crippen LogP contribution < -0.4 is 5.32 Å². The van der Waals surface area contributed by atoms with E-state index in [1.807, 2.05) is 30.3 Å². The quantitative estimate of drug-likeness (QED) is 0.347. The fourth-order valence-electron chi connectivity index (χ4n) is 3.71. The maximum atomic E-state index is 12.6. The van der Waals surface area contributed by atoms with Crippen LogP contribution >= 0.6 is 11.3 Å². The highest BCUT2D eigenvalue weighted by atomic mass is 32.1. The van der Waals surface area contributed by atoms with Gasteiger partial charge < -0.3 is 14.8 Å². The number of hydrogen-bond donors (Lipinski definition) is 1. The highest BCUT2D eigenvalue weighted by Crippen LogP contribution is 2.36. The summed E-state index contributed by atoms with van der Waals surface area (Å²) in [4.78, 5) is 63.0. The minimum Gasteiger partial charge on any atom is -0.462 e. The van der Waals surface area contributed by atoms with E-state index in [1.54, 1.807) is 36.6 Å². The van der Waals surface area contributed by atoms with Crippen molar-refractivity contribution in [3.05, 3.63) is 76.7 Å². The molecule has 36 heavy (non-hydrogen) atoms. The van der Waals surface area contributed by atoms with Gasteiger partial charge >= 0.3 is 11.9 Å². The Labute approximate surface area is 210 Å². The van der Waals surface area contributed by atoms with Gasteiger partial charge in [-0.05, 0) is 24.6 Å². The first-order chi connectivity index (χ1) is 17.4. The van der Waals surface area contributed by atoms with Gasteiger partial charge in [-0.2, -0.15) is 0 Å². The van der Waals surface area contributed by atoms with Crippen LogP contribution in [0.2, 0.25) is 0 Å². The Morgan fingerprint density at radius 1 is 0.889 bits per heavy atom. The van der Waals surface area contributed by atoms with Crippen LogP contribution in [0.15, 0.2) is 60.0 Å². The second-order valence-corrected chi connectivity index (χ2v) is 8.59. The number of ether oxygens (including phenoxy) is 2. The number of nitrogens with zero attached hydrogens (tertiary/aromatic N) is 1. The van der Waals surface area contributed by atoms with Gasteiger partial charge in [0, 0.05) is 17.5 Å². The fourth-order valence-corrected chi connectivity index (χ4v) is 4.69. The van der Waals surface area contributed by atoms with Crippen LogP contribution in [0.3, 0.4) is 0 Å². The maximum Gasteiger partial charge on any atom is 0.341 e. The van der Waals surface area contributed by atoms with E-state index in [9.17, 15) is 24.0 Å². The van der Waals surface area contributed by atoms with Crippen molar-refractivity contribution in [1.82, 2.24) is 4.90 Å². The number of fused-ring (bicyclic) bond motifs is 1. The highest BCUT2D eigenvalue weighted by Gasteiger charge is 2.35. The number of benzene rings is 2. The molecule has 0 aliphatic carbocycles. The predicted octanol–water partition coefficient (Wildman–Crippen LogP) is 3.76. The highest BCUT2D eigenvalue weighted by molar-refractivity contribution is 7.15. The van der Waals surface area contributed by atoms with Crippen LogP contribution in [0.1, 0.15) is 44.4 Å². The first-order valence-corrected chi connectivity index (χ1v) is 12.0. The molecule has 4 rings (SSSR count). The zero-order valence-corrected chi connectivity index (χ0v) is 20.1. The van der Waals surface area contributed by atoms with E-state index in [1.165, 1.54) is 0 Å². The van der Waals surface area contributed by atoms with Crippen molar-refractivity contribution in [3.8, 4) is 11.1 Å². The summed E-state index contributed by atoms with van der Waals surface area (Å²) < 4.78 is 10.2. The van der Waals surface area contributed by atoms with Crippen LogP contribution in [0.5, 0.6) is 0 Å². The van der Waals surface area contributed by atoms with Gasteiger partial charge in [-0.15, -0.1) is 11.3 Å². The molecular weight excluding hydrogens is 484 g/mol. The lowest BCUT2D eigenvalue weighted by Crippen LogP contribution is -2.32. The number of rotatable bonds is 9. The predicted molar refractivity (Wildman–Crippen MR) is 132 cm³/mol. The smallest absolute Gasteiger partial charge is 0.341 e. The van der Waals surface area contributed by atoms with Crippen molar-refractivity contribution in [1.29, 1.82) is 0 Å². The summed E-state index contributed by atoms with van der Waals surface area (Å²) >= 11 is 1.15. The summed E-state index contributed by atoms with van der Waals surface area (Å²) in [7, 11) is 0. The van der Waals surface area contributed by atoms with Crippen LogP contribution in [0.4, 0.5) is 5.00 Å². The van der Waals surface area contributed by atoms with Crippen molar-refractivity contribution in [2.45, 2.75) is 13.3 Å². The third-order valence-electron chi connectivity index (χ3n) is 5.39. The van der Waals surface area contributed by atoms with E-state index in [-0.39, 0.29) is 30.1 Å². The normalized spacial score (nSPS) is 12.3. The molecule has 3 aromatic rings. The number of anilines is 1. The molecule has 1 N–H and O–H groups in total. The molecular formula is C26H22N2O7S. The summed E-state index contributed by atoms with van der Waals surface area (Å²) in [6.45, 7) is 1.10. The molecule has 184 valence electrons. The number of imide groups is 1. The van der Waals surface area contributed by atoms with Gasteiger partial charge in [-0.3, -0.25) is 24.1 Å². The van der Waals surface area contributed by atoms with Crippen molar-refractivity contribution in [2.75, 3.05) is 25.1 Å². The Morgan fingerprint density at radius 2 is 1.53 bits per heavy atom. The van der Waals surface area contributed by atoms with Gasteiger partial charge in [0.25, 0.3) is 17.7 Å². The van der Waals surface area contributed by atoms with Crippen molar-refractivity contribution >= 4 is 46.0 Å². The lowest BCUT2D eigenvalue weighted by molar-refractivity contribution is -0.147. The lowest BCUT2D eigenvalue weighted by Gasteiger charge is -2.13. The second-order valence-electron chi connectivity index (χ2n) is 7.71. The van der Waals surface area contributed by atoms with Gasteiger partial charge in [0.05, 0.1) is 24.2 Å². The number of amides is 3. The number of carbonyl (C=O) groups excluding carboxylic acids is 5. The minimum absolute atomic E-state index is 0.162. The number of esters is 2. The van der Waals surface area contributed by atoms with E-state index in [0.29, 0.717) is 16.7 Å². The molecule has 2 heterocycles. The first-order valence-electron chi connectivity index (χ1n) is 11.2. The molecule has 3 amide bonds. The zero-order valence-electron chi connectivity index (χ0n) is 19.3. The largest absolute Gasteiger partial charge is 0.462 e. The summed E-state index contributed by atoms with van der Waals surface area (Å²) in [5, 5.41) is 4.62. The fraction of sp³-hybridized carbons (Fsp3) is 0.192. The molecule has 10 heteroatoms. The van der Waals surface area contributed by atoms with Crippen LogP contribution in [-0.2, 0) is 19.1 Å². The standard InChI is InChI=1S/C26H22N2O7S/c1-2-34-26(33)22-19(16-8-4-3-5-9-16)15-36-23(22)27-20(29)14-35-21(30)12-13-28-24(31)17-10-6-7-11-18(17)25(28)32/h3-11,15H,2,12-14H2,1H3,(H,27,29). The van der Waals surface area contributed by atoms with Crippen LogP contribution in [-0.4, -0.2) is 54.3 Å². The van der Waals surface area contributed by atoms with Crippen LogP contribution in [0.25, 0.3) is 11.1 Å². The Kier molecular flexibility index (Phi) is 7.55. The molecule has 0 unspecified atom stereocenters. The van der Waals surface area contributed by atoms with Crippen molar-refractivity contribution in [3.63, 3.8) is 0 Å². The monoisotopic (exact) mass is 506 g/mol. The Morgan fingerprint density at radius 3 is 2.17 bits per heavy atom. The van der Waals surface area contributed by atoms with Gasteiger partial charge in [-0.1, -0.05) is 42.5 Å². The van der Waals surface area contributed by atoms with E-state index in [2.05, 4.69) is 5.32 Å². The van der Waals surface area contributed by atoms with E-state index < -0.39 is 36.3 Å². The van der Waals surface area contributed by atoms with Crippen molar-refractivity contribution in [2.24, 2.45) is 0 Å². The summed E-state index contributed by atoms with van der Waals surface area (Å²) in [6.07, 6.45) is -0.260. The maximum absolute atomic E-state index is 12.6. The Balaban J connectivity index is 1.34. The molecule has 1 aliphatic rings. The molecule has 0 radical (unpaired) electrons. The lowest BCUT2D eigenvalue weighted by atomic mass is 10.0. The SMILES string of the molecule is CCOC(=O)c1c(-c2ccccc2)csc1NC(=O)COC(=O)CCN1C(=O)c2ccccc2C1=O. The molecule has 0 spiro atoms. The molecule has 0 atom stereocenters. The van der Waals surface area contributed by atoms with E-state index in [0.717, 1.165) is 21.8 Å². The summed E-state index contributed by atoms with van der Waals surface area (Å²) in [5.74, 6) is -2.91. The molecule has 9 nitrogen and oxygen atoms in total. The average Bonchev–Trinajstić information content (AvgIpc) is 3.41. The van der Waals surface area contributed by atoms with Gasteiger partial charge in [0.2, 0.25) is 0 Å². The zero-order chi connectivity index (χ0) is 25.7. The van der Waals surface area contributed by atoms with Gasteiger partial charge in [0.15, 0.2) is 6.61 Å². The second kappa shape index (κ2) is 11.0. The third-order valence-corrected chi connectivity index (χ3v) is 6.29. The van der Waals surface area contributed by atoms with Gasteiger partial charge in [0.1, 0.15) is 10.6 Å². The number of nitrogens with one attached hydrogen (secondary N) is 1. The minimum atomic E-state index is -0.747. The molecule has 1 aromatic heterocycles. The number of thiophene rings is 1. The average molecular weight is 507 g/mol. The van der Waals surface area contributed by atoms with E-state index >= 15 is 0 Å². The topological polar surface area (TPSA) is 119 Å². The molecule has 0 fully saturated rings. The molecule has 0 saturated heterocycles. The number of carbonyl (C=O) groups is 5. The Hall–Kier alpha value is -4.31. The third kappa shape index (κ3) is 5.18. The Bertz CT molecular complexity index is 1300. The molecule has 0 saturated carbocycles. The summed E-state index contributed by atoms with van der Waals surface area (Å²) in [6, 6.07) is 15.6. The van der Waals surface area contributed by atoms with Gasteiger partial charge in [-0.25, -0.2) is 4.79 Å². The number of hydrogen-bond acceptors (Lipinski definition) is 8. The van der Waals surface area contributed by atoms with Crippen LogP contribution in [0, 0.1) is 0 Å². The summed E-state index contributed by atoms with van der Waals surface area (Å²) in [5.41, 5.74) is 2.21. The van der Waals surface area contributed by atoms with Crippen molar-refractivity contribution < 1.29 is 33.4 Å². The molecule has 1 aliphatic heterocycles. The molecule has 2 aromatic carbocycles. The molecule has 0 bridgehead atoms.